The Hall–Kier alpha value is -3.34. The van der Waals surface area contributed by atoms with Gasteiger partial charge in [0, 0.05) is 11.1 Å². The Labute approximate surface area is 145 Å². The third-order valence-corrected chi connectivity index (χ3v) is 4.00. The van der Waals surface area contributed by atoms with E-state index in [1.807, 2.05) is 67.6 Å². The normalized spacial score (nSPS) is 13.2. The maximum atomic E-state index is 5.77. The number of nitrogens with one attached hydrogen (secondary N) is 1. The van der Waals surface area contributed by atoms with E-state index >= 15 is 0 Å². The highest BCUT2D eigenvalue weighted by Gasteiger charge is 2.19. The summed E-state index contributed by atoms with van der Waals surface area (Å²) in [4.78, 5) is 4.76. The molecule has 0 fully saturated rings. The van der Waals surface area contributed by atoms with Crippen molar-refractivity contribution < 1.29 is 9.15 Å². The minimum atomic E-state index is 0.674. The number of amidine groups is 1. The van der Waals surface area contributed by atoms with Gasteiger partial charge in [-0.1, -0.05) is 18.2 Å². The van der Waals surface area contributed by atoms with Gasteiger partial charge in [0.15, 0.2) is 11.6 Å². The number of furan rings is 1. The molecule has 1 N–H and O–H groups in total. The quantitative estimate of drug-likeness (QED) is 0.788. The molecule has 0 amide bonds. The largest absolute Gasteiger partial charge is 0.497 e. The maximum Gasteiger partial charge on any atom is 0.155 e. The van der Waals surface area contributed by atoms with Crippen LogP contribution >= 0.6 is 0 Å². The molecule has 0 atom stereocenters. The zero-order chi connectivity index (χ0) is 17.2. The number of hydrogen-bond acceptors (Lipinski definition) is 5. The van der Waals surface area contributed by atoms with Crippen molar-refractivity contribution in [3.05, 3.63) is 83.3 Å². The SMILES string of the molecule is COc1ccc(C2=Nc3ccccc3C(c3ccc(C)o3)=NN2)cc1. The Morgan fingerprint density at radius 3 is 2.48 bits per heavy atom. The van der Waals surface area contributed by atoms with Crippen molar-refractivity contribution in [1.29, 1.82) is 0 Å². The van der Waals surface area contributed by atoms with Gasteiger partial charge in [-0.2, -0.15) is 5.10 Å². The molecule has 3 aromatic rings. The van der Waals surface area contributed by atoms with Gasteiger partial charge < -0.3 is 9.15 Å². The number of nitrogens with zero attached hydrogens (tertiary/aromatic N) is 2. The molecular formula is C20H17N3O2. The first kappa shape index (κ1) is 15.2. The van der Waals surface area contributed by atoms with Crippen LogP contribution in [0, 0.1) is 6.92 Å². The number of hydrogen-bond donors (Lipinski definition) is 1. The molecule has 2 heterocycles. The van der Waals surface area contributed by atoms with Gasteiger partial charge in [0.1, 0.15) is 17.2 Å². The van der Waals surface area contributed by atoms with Crippen LogP contribution in [0.3, 0.4) is 0 Å². The minimum absolute atomic E-state index is 0.674. The molecule has 0 saturated carbocycles. The smallest absolute Gasteiger partial charge is 0.155 e. The average molecular weight is 331 g/mol. The molecule has 1 aliphatic heterocycles. The van der Waals surface area contributed by atoms with E-state index in [1.54, 1.807) is 7.11 Å². The van der Waals surface area contributed by atoms with Crippen molar-refractivity contribution in [2.24, 2.45) is 10.1 Å². The van der Waals surface area contributed by atoms with Crippen LogP contribution < -0.4 is 10.2 Å². The van der Waals surface area contributed by atoms with Gasteiger partial charge in [-0.05, 0) is 49.4 Å². The number of benzene rings is 2. The van der Waals surface area contributed by atoms with E-state index < -0.39 is 0 Å². The fraction of sp³-hybridized carbons (Fsp3) is 0.100. The van der Waals surface area contributed by atoms with Gasteiger partial charge in [-0.15, -0.1) is 0 Å². The van der Waals surface area contributed by atoms with Crippen LogP contribution in [0.1, 0.15) is 22.6 Å². The molecule has 5 heteroatoms. The molecule has 0 spiro atoms. The fourth-order valence-corrected chi connectivity index (χ4v) is 2.71. The standard InChI is InChI=1S/C20H17N3O2/c1-13-7-12-18(25-13)19-16-5-3-4-6-17(16)21-20(23-22-19)14-8-10-15(24-2)11-9-14/h3-12H,1-2H3,(H,21,23). The van der Waals surface area contributed by atoms with Crippen LogP contribution in [0.5, 0.6) is 5.75 Å². The molecule has 4 rings (SSSR count). The average Bonchev–Trinajstić information content (AvgIpc) is 2.98. The summed E-state index contributed by atoms with van der Waals surface area (Å²) in [5.41, 5.74) is 6.50. The van der Waals surface area contributed by atoms with Gasteiger partial charge in [-0.25, -0.2) is 4.99 Å². The fourth-order valence-electron chi connectivity index (χ4n) is 2.71. The number of rotatable bonds is 3. The number of para-hydroxylation sites is 1. The molecule has 124 valence electrons. The molecule has 0 saturated heterocycles. The number of aryl methyl sites for hydroxylation is 1. The zero-order valence-electron chi connectivity index (χ0n) is 14.0. The lowest BCUT2D eigenvalue weighted by Crippen LogP contribution is -2.19. The van der Waals surface area contributed by atoms with Gasteiger partial charge in [0.05, 0.1) is 12.8 Å². The first-order valence-electron chi connectivity index (χ1n) is 7.97. The number of ether oxygens (including phenoxy) is 1. The van der Waals surface area contributed by atoms with Crippen LogP contribution in [0.2, 0.25) is 0 Å². The lowest BCUT2D eigenvalue weighted by molar-refractivity contribution is 0.415. The van der Waals surface area contributed by atoms with Crippen molar-refractivity contribution in [1.82, 2.24) is 5.43 Å². The highest BCUT2D eigenvalue weighted by molar-refractivity contribution is 6.16. The molecule has 0 bridgehead atoms. The Morgan fingerprint density at radius 1 is 0.960 bits per heavy atom. The van der Waals surface area contributed by atoms with Crippen LogP contribution in [0.25, 0.3) is 0 Å². The number of aliphatic imine (C=N–C) groups is 1. The van der Waals surface area contributed by atoms with E-state index in [0.717, 1.165) is 34.0 Å². The Morgan fingerprint density at radius 2 is 1.76 bits per heavy atom. The predicted molar refractivity (Wildman–Crippen MR) is 97.9 cm³/mol. The van der Waals surface area contributed by atoms with E-state index in [-0.39, 0.29) is 0 Å². The first-order valence-corrected chi connectivity index (χ1v) is 7.97. The van der Waals surface area contributed by atoms with E-state index in [1.165, 1.54) is 0 Å². The van der Waals surface area contributed by atoms with E-state index in [2.05, 4.69) is 10.5 Å². The Balaban J connectivity index is 1.80. The number of fused-ring (bicyclic) bond motifs is 1. The topological polar surface area (TPSA) is 59.1 Å². The van der Waals surface area contributed by atoms with Gasteiger partial charge in [0.2, 0.25) is 0 Å². The lowest BCUT2D eigenvalue weighted by atomic mass is 10.1. The second-order valence-electron chi connectivity index (χ2n) is 5.69. The first-order chi connectivity index (χ1) is 12.2. The molecule has 0 unspecified atom stereocenters. The van der Waals surface area contributed by atoms with E-state index in [4.69, 9.17) is 14.1 Å². The summed E-state index contributed by atoms with van der Waals surface area (Å²) in [5.74, 6) is 3.03. The molecule has 5 nitrogen and oxygen atoms in total. The third kappa shape index (κ3) is 2.92. The highest BCUT2D eigenvalue weighted by Crippen LogP contribution is 2.26. The number of hydrazone groups is 1. The Kier molecular flexibility index (Phi) is 3.82. The van der Waals surface area contributed by atoms with E-state index in [9.17, 15) is 0 Å². The summed E-state index contributed by atoms with van der Waals surface area (Å²) in [6.07, 6.45) is 0. The van der Waals surface area contributed by atoms with Crippen molar-refractivity contribution in [2.75, 3.05) is 7.11 Å². The molecular weight excluding hydrogens is 314 g/mol. The summed E-state index contributed by atoms with van der Waals surface area (Å²) >= 11 is 0. The predicted octanol–water partition coefficient (Wildman–Crippen LogP) is 4.03. The summed E-state index contributed by atoms with van der Waals surface area (Å²) in [6.45, 7) is 1.92. The highest BCUT2D eigenvalue weighted by atomic mass is 16.5. The van der Waals surface area contributed by atoms with Crippen molar-refractivity contribution in [3.63, 3.8) is 0 Å². The van der Waals surface area contributed by atoms with Crippen LogP contribution in [0.15, 0.2) is 75.2 Å². The molecule has 0 radical (unpaired) electrons. The number of methoxy groups -OCH3 is 1. The van der Waals surface area contributed by atoms with Gasteiger partial charge >= 0.3 is 0 Å². The molecule has 1 aromatic heterocycles. The minimum Gasteiger partial charge on any atom is -0.497 e. The lowest BCUT2D eigenvalue weighted by Gasteiger charge is -2.05. The third-order valence-electron chi connectivity index (χ3n) is 4.00. The maximum absolute atomic E-state index is 5.77. The molecule has 2 aromatic carbocycles. The van der Waals surface area contributed by atoms with Gasteiger partial charge in [-0.3, -0.25) is 5.43 Å². The van der Waals surface area contributed by atoms with Crippen molar-refractivity contribution in [2.45, 2.75) is 6.92 Å². The second kappa shape index (κ2) is 6.28. The molecule has 1 aliphatic rings. The summed E-state index contributed by atoms with van der Waals surface area (Å²) < 4.78 is 11.0. The summed E-state index contributed by atoms with van der Waals surface area (Å²) in [5, 5.41) is 4.56. The van der Waals surface area contributed by atoms with Crippen molar-refractivity contribution >= 4 is 17.2 Å². The summed E-state index contributed by atoms with van der Waals surface area (Å²) in [6, 6.07) is 19.4. The Bertz CT molecular complexity index is 969. The second-order valence-corrected chi connectivity index (χ2v) is 5.69. The summed E-state index contributed by atoms with van der Waals surface area (Å²) in [7, 11) is 1.65. The van der Waals surface area contributed by atoms with E-state index in [0.29, 0.717) is 11.6 Å². The van der Waals surface area contributed by atoms with Crippen LogP contribution in [-0.4, -0.2) is 18.7 Å². The molecule has 25 heavy (non-hydrogen) atoms. The van der Waals surface area contributed by atoms with Crippen LogP contribution in [-0.2, 0) is 0 Å². The molecule has 0 aliphatic carbocycles. The monoisotopic (exact) mass is 331 g/mol. The van der Waals surface area contributed by atoms with Crippen molar-refractivity contribution in [3.8, 4) is 5.75 Å². The van der Waals surface area contributed by atoms with Gasteiger partial charge in [0.25, 0.3) is 0 Å². The zero-order valence-corrected chi connectivity index (χ0v) is 14.0. The van der Waals surface area contributed by atoms with Crippen LogP contribution in [0.4, 0.5) is 5.69 Å².